The molecule has 1 aromatic carbocycles. The minimum atomic E-state index is -0.916. The van der Waals surface area contributed by atoms with Gasteiger partial charge in [0.1, 0.15) is 0 Å². The van der Waals surface area contributed by atoms with Gasteiger partial charge < -0.3 is 11.5 Å². The van der Waals surface area contributed by atoms with E-state index in [1.54, 1.807) is 10.6 Å². The third kappa shape index (κ3) is 3.56. The molecular formula is C13H11ClFN7O2S. The van der Waals surface area contributed by atoms with Crippen LogP contribution < -0.4 is 11.5 Å². The molecule has 130 valence electrons. The molecule has 3 aromatic rings. The molecule has 0 bridgehead atoms. The Hall–Kier alpha value is -3.05. The number of imidazole rings is 1. The maximum absolute atomic E-state index is 13.5. The first-order chi connectivity index (χ1) is 11.5. The van der Waals surface area contributed by atoms with E-state index in [1.165, 1.54) is 23.6 Å². The van der Waals surface area contributed by atoms with Crippen LogP contribution >= 0.6 is 23.7 Å². The summed E-state index contributed by atoms with van der Waals surface area (Å²) < 4.78 is 15.3. The highest BCUT2D eigenvalue weighted by molar-refractivity contribution is 7.15. The number of hydrogen-bond acceptors (Lipinski definition) is 6. The topological polar surface area (TPSA) is 137 Å². The van der Waals surface area contributed by atoms with Crippen molar-refractivity contribution >= 4 is 46.6 Å². The Morgan fingerprint density at radius 1 is 1.44 bits per heavy atom. The number of nitro benzene ring substituents is 1. The van der Waals surface area contributed by atoms with E-state index in [9.17, 15) is 14.5 Å². The van der Waals surface area contributed by atoms with Gasteiger partial charge in [-0.05, 0) is 12.1 Å². The van der Waals surface area contributed by atoms with Gasteiger partial charge >= 0.3 is 5.69 Å². The maximum atomic E-state index is 13.5. The summed E-state index contributed by atoms with van der Waals surface area (Å²) in [5.74, 6) is -1.13. The molecule has 2 aromatic heterocycles. The molecular weight excluding hydrogens is 373 g/mol. The lowest BCUT2D eigenvalue weighted by molar-refractivity contribution is -0.387. The predicted molar refractivity (Wildman–Crippen MR) is 95.8 cm³/mol. The molecule has 0 aliphatic rings. The number of guanidine groups is 1. The van der Waals surface area contributed by atoms with Crippen LogP contribution in [0.4, 0.5) is 10.1 Å². The third-order valence-corrected chi connectivity index (χ3v) is 3.83. The molecule has 0 atom stereocenters. The number of aromatic nitrogens is 2. The van der Waals surface area contributed by atoms with E-state index >= 15 is 0 Å². The fourth-order valence-corrected chi connectivity index (χ4v) is 2.81. The molecule has 12 heteroatoms. The molecule has 0 amide bonds. The summed E-state index contributed by atoms with van der Waals surface area (Å²) in [6.07, 6.45) is 3.13. The summed E-state index contributed by atoms with van der Waals surface area (Å²) in [6, 6.07) is 3.56. The highest BCUT2D eigenvalue weighted by Gasteiger charge is 2.19. The van der Waals surface area contributed by atoms with Crippen molar-refractivity contribution in [2.24, 2.45) is 21.7 Å². The molecule has 2 heterocycles. The largest absolute Gasteiger partial charge is 0.369 e. The van der Waals surface area contributed by atoms with Crippen molar-refractivity contribution in [2.45, 2.75) is 0 Å². The van der Waals surface area contributed by atoms with Crippen LogP contribution in [0.3, 0.4) is 0 Å². The smallest absolute Gasteiger partial charge is 0.305 e. The second-order valence-corrected chi connectivity index (χ2v) is 5.47. The first kappa shape index (κ1) is 18.3. The number of rotatable bonds is 4. The van der Waals surface area contributed by atoms with Crippen molar-refractivity contribution in [2.75, 3.05) is 0 Å². The average molecular weight is 384 g/mol. The summed E-state index contributed by atoms with van der Waals surface area (Å²) in [4.78, 5) is 15.2. The van der Waals surface area contributed by atoms with Crippen LogP contribution in [0.5, 0.6) is 0 Å². The predicted octanol–water partition coefficient (Wildman–Crippen LogP) is 2.14. The fourth-order valence-electron chi connectivity index (χ4n) is 2.09. The van der Waals surface area contributed by atoms with Crippen LogP contribution in [0.1, 0.15) is 5.69 Å². The Bertz CT molecular complexity index is 994. The van der Waals surface area contributed by atoms with Gasteiger partial charge in [0.2, 0.25) is 11.8 Å². The van der Waals surface area contributed by atoms with Crippen LogP contribution in [0.15, 0.2) is 40.0 Å². The lowest BCUT2D eigenvalue weighted by Crippen LogP contribution is -2.21. The van der Waals surface area contributed by atoms with Gasteiger partial charge in [-0.1, -0.05) is 0 Å². The summed E-state index contributed by atoms with van der Waals surface area (Å²) >= 11 is 1.37. The summed E-state index contributed by atoms with van der Waals surface area (Å²) in [6.45, 7) is 0. The molecule has 9 nitrogen and oxygen atoms in total. The molecule has 0 spiro atoms. The second kappa shape index (κ2) is 7.23. The van der Waals surface area contributed by atoms with E-state index in [1.807, 2.05) is 5.38 Å². The van der Waals surface area contributed by atoms with Crippen LogP contribution in [0.2, 0.25) is 0 Å². The number of nitro groups is 1. The molecule has 3 rings (SSSR count). The van der Waals surface area contributed by atoms with Crippen molar-refractivity contribution in [1.29, 1.82) is 0 Å². The Morgan fingerprint density at radius 2 is 2.20 bits per heavy atom. The lowest BCUT2D eigenvalue weighted by Gasteiger charge is -2.01. The third-order valence-electron chi connectivity index (χ3n) is 3.07. The molecule has 0 radical (unpaired) electrons. The van der Waals surface area contributed by atoms with Gasteiger partial charge in [-0.3, -0.25) is 14.5 Å². The van der Waals surface area contributed by atoms with Gasteiger partial charge in [0.25, 0.3) is 0 Å². The number of halogens is 2. The number of thiazole rings is 1. The van der Waals surface area contributed by atoms with Gasteiger partial charge in [-0.2, -0.15) is 9.49 Å². The van der Waals surface area contributed by atoms with Gasteiger partial charge in [-0.15, -0.1) is 28.8 Å². The normalized spacial score (nSPS) is 10.8. The Labute approximate surface area is 150 Å². The summed E-state index contributed by atoms with van der Waals surface area (Å²) in [5, 5.41) is 20.0. The van der Waals surface area contributed by atoms with E-state index in [2.05, 4.69) is 15.2 Å². The number of benzene rings is 1. The van der Waals surface area contributed by atoms with Crippen molar-refractivity contribution in [1.82, 2.24) is 9.38 Å². The van der Waals surface area contributed by atoms with E-state index in [0.717, 1.165) is 12.1 Å². The maximum Gasteiger partial charge on any atom is 0.305 e. The van der Waals surface area contributed by atoms with Crippen molar-refractivity contribution in [3.63, 3.8) is 0 Å². The minimum absolute atomic E-state index is 0. The van der Waals surface area contributed by atoms with E-state index in [4.69, 9.17) is 11.5 Å². The van der Waals surface area contributed by atoms with E-state index in [-0.39, 0.29) is 18.4 Å². The molecule has 0 aliphatic carbocycles. The highest BCUT2D eigenvalue weighted by Crippen LogP contribution is 2.29. The molecule has 0 unspecified atom stereocenters. The Kier molecular flexibility index (Phi) is 5.29. The van der Waals surface area contributed by atoms with Crippen LogP contribution in [0, 0.1) is 15.9 Å². The number of nitrogens with two attached hydrogens (primary N) is 2. The number of hydrogen-bond donors (Lipinski definition) is 2. The fraction of sp³-hybridized carbons (Fsp3) is 0. The second-order valence-electron chi connectivity index (χ2n) is 4.59. The Morgan fingerprint density at radius 3 is 2.88 bits per heavy atom. The van der Waals surface area contributed by atoms with Gasteiger partial charge in [0.15, 0.2) is 4.96 Å². The summed E-state index contributed by atoms with van der Waals surface area (Å²) in [5.41, 5.74) is 11.1. The number of nitrogens with zero attached hydrogens (tertiary/aromatic N) is 5. The van der Waals surface area contributed by atoms with Crippen molar-refractivity contribution in [3.05, 3.63) is 51.4 Å². The van der Waals surface area contributed by atoms with Gasteiger partial charge in [0.05, 0.1) is 22.5 Å². The van der Waals surface area contributed by atoms with Gasteiger partial charge in [-0.25, -0.2) is 4.98 Å². The molecule has 0 saturated heterocycles. The van der Waals surface area contributed by atoms with Gasteiger partial charge in [0, 0.05) is 23.2 Å². The zero-order chi connectivity index (χ0) is 17.3. The summed E-state index contributed by atoms with van der Waals surface area (Å²) in [7, 11) is 0. The molecule has 25 heavy (non-hydrogen) atoms. The minimum Gasteiger partial charge on any atom is -0.369 e. The van der Waals surface area contributed by atoms with Crippen LogP contribution in [0.25, 0.3) is 16.2 Å². The standard InChI is InChI=1S/C13H10FN7O2S.ClH/c14-8-2-1-7(5-9(8)21(22)23)11-10(6-17-19-12(15)16)20-3-4-24-13(20)18-11;/h1-6H,(H4,15,16,19);1H/b17-6-;. The average Bonchev–Trinajstić information content (AvgIpc) is 3.09. The van der Waals surface area contributed by atoms with E-state index < -0.39 is 16.4 Å². The van der Waals surface area contributed by atoms with Crippen molar-refractivity contribution in [3.8, 4) is 11.3 Å². The number of fused-ring (bicyclic) bond motifs is 1. The Balaban J connectivity index is 0.00000225. The molecule has 0 fully saturated rings. The lowest BCUT2D eigenvalue weighted by atomic mass is 10.1. The SMILES string of the molecule is Cl.NC(N)=N/N=C\c1c(-c2ccc(F)c([N+](=O)[O-])c2)nc2sccn12. The monoisotopic (exact) mass is 383 g/mol. The van der Waals surface area contributed by atoms with E-state index in [0.29, 0.717) is 21.9 Å². The zero-order valence-corrected chi connectivity index (χ0v) is 14.0. The van der Waals surface area contributed by atoms with Crippen LogP contribution in [-0.4, -0.2) is 26.5 Å². The van der Waals surface area contributed by atoms with Crippen molar-refractivity contribution < 1.29 is 9.31 Å². The quantitative estimate of drug-likeness (QED) is 0.307. The molecule has 0 saturated carbocycles. The first-order valence-corrected chi connectivity index (χ1v) is 7.37. The molecule has 4 N–H and O–H groups in total. The van der Waals surface area contributed by atoms with Crippen LogP contribution in [-0.2, 0) is 0 Å². The zero-order valence-electron chi connectivity index (χ0n) is 12.4. The first-order valence-electron chi connectivity index (χ1n) is 6.49. The molecule has 0 aliphatic heterocycles. The highest BCUT2D eigenvalue weighted by atomic mass is 35.5.